The van der Waals surface area contributed by atoms with Crippen LogP contribution in [-0.2, 0) is 0 Å². The lowest BCUT2D eigenvalue weighted by Gasteiger charge is -2.48. The van der Waals surface area contributed by atoms with Crippen molar-refractivity contribution in [2.45, 2.75) is 105 Å². The molecule has 1 saturated carbocycles. The molecule has 0 heterocycles. The van der Waals surface area contributed by atoms with Crippen LogP contribution < -0.4 is 0 Å². The molecule has 1 fully saturated rings. The van der Waals surface area contributed by atoms with Crippen LogP contribution in [0, 0.1) is 11.3 Å². The predicted molar refractivity (Wildman–Crippen MR) is 118 cm³/mol. The standard InChI is InChI=1S/C25H44O2/c1-20(11-8-13-22(3)16-19-26)10-7-12-21(2)14-15-23-24(4,5)17-9-18-25(23,6)27/h11-12,16,23,26-27H,7-10,13-15,17-19H2,1-6H3/b20-11+,21-12+,22-16+/t23-,25-/m0/s1. The average Bonchev–Trinajstić information content (AvgIpc) is 2.53. The predicted octanol–water partition coefficient (Wildman–Crippen LogP) is 6.74. The number of hydrogen-bond acceptors (Lipinski definition) is 2. The highest BCUT2D eigenvalue weighted by atomic mass is 16.3. The summed E-state index contributed by atoms with van der Waals surface area (Å²) in [7, 11) is 0. The summed E-state index contributed by atoms with van der Waals surface area (Å²) in [4.78, 5) is 0. The molecule has 0 unspecified atom stereocenters. The summed E-state index contributed by atoms with van der Waals surface area (Å²) in [5.74, 6) is 0.388. The zero-order valence-electron chi connectivity index (χ0n) is 18.8. The van der Waals surface area contributed by atoms with E-state index in [9.17, 15) is 5.11 Å². The quantitative estimate of drug-likeness (QED) is 0.415. The highest BCUT2D eigenvalue weighted by molar-refractivity contribution is 5.07. The summed E-state index contributed by atoms with van der Waals surface area (Å²) in [5.41, 5.74) is 3.90. The zero-order chi connectivity index (χ0) is 20.5. The van der Waals surface area contributed by atoms with E-state index in [2.05, 4.69) is 46.8 Å². The van der Waals surface area contributed by atoms with Gasteiger partial charge >= 0.3 is 0 Å². The molecule has 0 radical (unpaired) electrons. The number of rotatable bonds is 10. The average molecular weight is 377 g/mol. The third-order valence-corrected chi connectivity index (χ3v) is 6.53. The minimum absolute atomic E-state index is 0.145. The van der Waals surface area contributed by atoms with Crippen LogP contribution in [0.25, 0.3) is 0 Å². The normalized spacial score (nSPS) is 27.1. The third-order valence-electron chi connectivity index (χ3n) is 6.53. The second kappa shape index (κ2) is 11.2. The molecular formula is C25H44O2. The van der Waals surface area contributed by atoms with E-state index in [-0.39, 0.29) is 12.0 Å². The van der Waals surface area contributed by atoms with E-state index < -0.39 is 5.60 Å². The van der Waals surface area contributed by atoms with Gasteiger partial charge in [0.1, 0.15) is 0 Å². The van der Waals surface area contributed by atoms with Gasteiger partial charge in [-0.1, -0.05) is 55.2 Å². The van der Waals surface area contributed by atoms with Crippen LogP contribution in [0.4, 0.5) is 0 Å². The maximum Gasteiger partial charge on any atom is 0.0653 e. The van der Waals surface area contributed by atoms with E-state index >= 15 is 0 Å². The van der Waals surface area contributed by atoms with Crippen molar-refractivity contribution in [1.29, 1.82) is 0 Å². The van der Waals surface area contributed by atoms with Gasteiger partial charge < -0.3 is 10.2 Å². The minimum Gasteiger partial charge on any atom is -0.392 e. The van der Waals surface area contributed by atoms with Gasteiger partial charge in [-0.25, -0.2) is 0 Å². The van der Waals surface area contributed by atoms with Crippen molar-refractivity contribution in [3.05, 3.63) is 34.9 Å². The number of aliphatic hydroxyl groups excluding tert-OH is 1. The van der Waals surface area contributed by atoms with E-state index in [1.54, 1.807) is 0 Å². The van der Waals surface area contributed by atoms with Crippen LogP contribution in [0.15, 0.2) is 34.9 Å². The highest BCUT2D eigenvalue weighted by Gasteiger charge is 2.44. The van der Waals surface area contributed by atoms with Crippen LogP contribution >= 0.6 is 0 Å². The number of hydrogen-bond donors (Lipinski definition) is 2. The molecule has 0 aromatic carbocycles. The molecular weight excluding hydrogens is 332 g/mol. The van der Waals surface area contributed by atoms with Crippen LogP contribution in [0.5, 0.6) is 0 Å². The van der Waals surface area contributed by atoms with E-state index in [4.69, 9.17) is 5.11 Å². The van der Waals surface area contributed by atoms with Gasteiger partial charge in [0.05, 0.1) is 12.2 Å². The Bertz CT molecular complexity index is 519. The minimum atomic E-state index is -0.510. The molecule has 0 amide bonds. The molecule has 0 bridgehead atoms. The highest BCUT2D eigenvalue weighted by Crippen LogP contribution is 2.48. The molecule has 27 heavy (non-hydrogen) atoms. The summed E-state index contributed by atoms with van der Waals surface area (Å²) in [6.45, 7) is 13.4. The maximum atomic E-state index is 10.8. The molecule has 0 spiro atoms. The van der Waals surface area contributed by atoms with E-state index in [1.807, 2.05) is 13.0 Å². The lowest BCUT2D eigenvalue weighted by Crippen LogP contribution is -2.46. The summed E-state index contributed by atoms with van der Waals surface area (Å²) in [5, 5.41) is 19.7. The Morgan fingerprint density at radius 3 is 1.89 bits per heavy atom. The lowest BCUT2D eigenvalue weighted by molar-refractivity contribution is -0.0918. The van der Waals surface area contributed by atoms with E-state index in [0.717, 1.165) is 51.4 Å². The van der Waals surface area contributed by atoms with Crippen molar-refractivity contribution >= 4 is 0 Å². The van der Waals surface area contributed by atoms with Gasteiger partial charge in [-0.05, 0) is 90.4 Å². The fourth-order valence-electron chi connectivity index (χ4n) is 4.72. The molecule has 1 aliphatic rings. The molecule has 2 atom stereocenters. The van der Waals surface area contributed by atoms with E-state index in [0.29, 0.717) is 5.92 Å². The molecule has 2 nitrogen and oxygen atoms in total. The van der Waals surface area contributed by atoms with Crippen LogP contribution in [-0.4, -0.2) is 22.4 Å². The summed E-state index contributed by atoms with van der Waals surface area (Å²) in [6.07, 6.45) is 16.4. The first-order valence-electron chi connectivity index (χ1n) is 10.9. The second-order valence-corrected chi connectivity index (χ2v) is 9.70. The van der Waals surface area contributed by atoms with Gasteiger partial charge in [0, 0.05) is 0 Å². The van der Waals surface area contributed by atoms with E-state index in [1.165, 1.54) is 23.1 Å². The summed E-state index contributed by atoms with van der Waals surface area (Å²) < 4.78 is 0. The Kier molecular flexibility index (Phi) is 10.0. The topological polar surface area (TPSA) is 40.5 Å². The maximum absolute atomic E-state index is 10.8. The Labute approximate surface area is 168 Å². The van der Waals surface area contributed by atoms with Crippen LogP contribution in [0.1, 0.15) is 99.3 Å². The van der Waals surface area contributed by atoms with Crippen molar-refractivity contribution in [2.24, 2.45) is 11.3 Å². The fraction of sp³-hybridized carbons (Fsp3) is 0.760. The Morgan fingerprint density at radius 1 is 0.852 bits per heavy atom. The molecule has 0 aromatic heterocycles. The van der Waals surface area contributed by atoms with Crippen molar-refractivity contribution < 1.29 is 10.2 Å². The monoisotopic (exact) mass is 376 g/mol. The fourth-order valence-corrected chi connectivity index (χ4v) is 4.72. The molecule has 1 rings (SSSR count). The van der Waals surface area contributed by atoms with Gasteiger partial charge in [0.2, 0.25) is 0 Å². The van der Waals surface area contributed by atoms with Gasteiger partial charge in [-0.2, -0.15) is 0 Å². The smallest absolute Gasteiger partial charge is 0.0653 e. The Hall–Kier alpha value is -0.860. The van der Waals surface area contributed by atoms with Crippen molar-refractivity contribution in [3.8, 4) is 0 Å². The Morgan fingerprint density at radius 2 is 1.37 bits per heavy atom. The molecule has 2 N–H and O–H groups in total. The number of allylic oxidation sites excluding steroid dienone is 5. The second-order valence-electron chi connectivity index (χ2n) is 9.70. The lowest BCUT2D eigenvalue weighted by atomic mass is 9.60. The van der Waals surface area contributed by atoms with Crippen molar-refractivity contribution in [1.82, 2.24) is 0 Å². The zero-order valence-corrected chi connectivity index (χ0v) is 18.8. The van der Waals surface area contributed by atoms with Crippen molar-refractivity contribution in [3.63, 3.8) is 0 Å². The molecule has 0 aliphatic heterocycles. The molecule has 1 aliphatic carbocycles. The van der Waals surface area contributed by atoms with Crippen LogP contribution in [0.3, 0.4) is 0 Å². The van der Waals surface area contributed by atoms with Gasteiger partial charge in [-0.3, -0.25) is 0 Å². The largest absolute Gasteiger partial charge is 0.392 e. The molecule has 2 heteroatoms. The first kappa shape index (κ1) is 24.2. The first-order chi connectivity index (χ1) is 12.6. The van der Waals surface area contributed by atoms with Crippen molar-refractivity contribution in [2.75, 3.05) is 6.61 Å². The molecule has 0 aromatic rings. The third kappa shape index (κ3) is 8.79. The number of aliphatic hydroxyl groups is 2. The van der Waals surface area contributed by atoms with Gasteiger partial charge in [0.25, 0.3) is 0 Å². The molecule has 156 valence electrons. The summed E-state index contributed by atoms with van der Waals surface area (Å²) in [6, 6.07) is 0. The first-order valence-corrected chi connectivity index (χ1v) is 10.9. The molecule has 0 saturated heterocycles. The van der Waals surface area contributed by atoms with Crippen LogP contribution in [0.2, 0.25) is 0 Å². The Balaban J connectivity index is 2.41. The summed E-state index contributed by atoms with van der Waals surface area (Å²) >= 11 is 0. The van der Waals surface area contributed by atoms with Gasteiger partial charge in [0.15, 0.2) is 0 Å². The van der Waals surface area contributed by atoms with Gasteiger partial charge in [-0.15, -0.1) is 0 Å². The SMILES string of the molecule is C/C(=C\CO)CC/C=C(\C)CC/C=C(\C)CC[C@H]1C(C)(C)CCC[C@]1(C)O.